The molecule has 2 saturated heterocycles. The number of carbonyl (C=O) groups excluding carboxylic acids is 1. The molecule has 8 heteroatoms. The van der Waals surface area contributed by atoms with Gasteiger partial charge in [0.1, 0.15) is 0 Å². The summed E-state index contributed by atoms with van der Waals surface area (Å²) in [5.41, 5.74) is 1.95. The molecule has 2 aliphatic rings. The molecule has 3 rings (SSSR count). The Labute approximate surface area is 159 Å². The van der Waals surface area contributed by atoms with Crippen LogP contribution in [-0.4, -0.2) is 56.4 Å². The fourth-order valence-corrected chi connectivity index (χ4v) is 7.20. The van der Waals surface area contributed by atoms with E-state index in [1.165, 1.54) is 11.8 Å². The number of sulfone groups is 1. The van der Waals surface area contributed by atoms with Crippen LogP contribution in [0.25, 0.3) is 0 Å². The molecule has 0 bridgehead atoms. The summed E-state index contributed by atoms with van der Waals surface area (Å²) in [4.78, 5) is 20.4. The SMILES string of the molecule is CCCCC(=O)N=C1S[C@H]2CS(=O)(=O)C[C@@H]2N1c1ccc(N(C)C)cc1. The molecule has 2 heterocycles. The quantitative estimate of drug-likeness (QED) is 0.763. The minimum atomic E-state index is -3.04. The van der Waals surface area contributed by atoms with E-state index in [-0.39, 0.29) is 28.7 Å². The van der Waals surface area contributed by atoms with Gasteiger partial charge in [0.2, 0.25) is 5.91 Å². The average molecular weight is 396 g/mol. The van der Waals surface area contributed by atoms with Crippen LogP contribution in [0.3, 0.4) is 0 Å². The van der Waals surface area contributed by atoms with Crippen LogP contribution in [0.5, 0.6) is 0 Å². The lowest BCUT2D eigenvalue weighted by atomic mass is 10.2. The molecular formula is C18H25N3O3S2. The second-order valence-electron chi connectivity index (χ2n) is 6.97. The molecule has 142 valence electrons. The first-order valence-electron chi connectivity index (χ1n) is 8.86. The Hall–Kier alpha value is -1.54. The van der Waals surface area contributed by atoms with Gasteiger partial charge in [-0.05, 0) is 30.7 Å². The number of hydrogen-bond acceptors (Lipinski definition) is 5. The number of amides is 1. The summed E-state index contributed by atoms with van der Waals surface area (Å²) in [6, 6.07) is 7.76. The minimum absolute atomic E-state index is 0.0637. The highest BCUT2D eigenvalue weighted by Crippen LogP contribution is 2.41. The number of rotatable bonds is 5. The van der Waals surface area contributed by atoms with Gasteiger partial charge in [0.05, 0.1) is 17.5 Å². The lowest BCUT2D eigenvalue weighted by molar-refractivity contribution is -0.117. The van der Waals surface area contributed by atoms with Gasteiger partial charge < -0.3 is 9.80 Å². The van der Waals surface area contributed by atoms with Crippen LogP contribution in [-0.2, 0) is 14.6 Å². The summed E-state index contributed by atoms with van der Waals surface area (Å²) in [7, 11) is 0.899. The van der Waals surface area contributed by atoms with Crippen molar-refractivity contribution < 1.29 is 13.2 Å². The molecule has 1 amide bonds. The molecule has 0 spiro atoms. The summed E-state index contributed by atoms with van der Waals surface area (Å²) in [5.74, 6) is 0.131. The summed E-state index contributed by atoms with van der Waals surface area (Å²) in [5, 5.41) is 0.569. The smallest absolute Gasteiger partial charge is 0.248 e. The van der Waals surface area contributed by atoms with Crippen LogP contribution in [0, 0.1) is 0 Å². The fourth-order valence-electron chi connectivity index (χ4n) is 3.27. The van der Waals surface area contributed by atoms with Crippen molar-refractivity contribution in [2.24, 2.45) is 4.99 Å². The normalized spacial score (nSPS) is 25.5. The summed E-state index contributed by atoms with van der Waals surface area (Å²) >= 11 is 1.42. The number of amidine groups is 1. The van der Waals surface area contributed by atoms with Crippen molar-refractivity contribution in [3.8, 4) is 0 Å². The van der Waals surface area contributed by atoms with E-state index in [0.29, 0.717) is 11.6 Å². The number of carbonyl (C=O) groups is 1. The molecule has 0 radical (unpaired) electrons. The van der Waals surface area contributed by atoms with E-state index in [0.717, 1.165) is 24.2 Å². The third-order valence-corrected chi connectivity index (χ3v) is 7.89. The van der Waals surface area contributed by atoms with Crippen LogP contribution >= 0.6 is 11.8 Å². The maximum atomic E-state index is 12.2. The van der Waals surface area contributed by atoms with Crippen LogP contribution < -0.4 is 9.80 Å². The zero-order chi connectivity index (χ0) is 18.9. The van der Waals surface area contributed by atoms with E-state index in [9.17, 15) is 13.2 Å². The number of thioether (sulfide) groups is 1. The first kappa shape index (κ1) is 19.2. The number of hydrogen-bond donors (Lipinski definition) is 0. The van der Waals surface area contributed by atoms with Crippen molar-refractivity contribution in [2.45, 2.75) is 37.5 Å². The first-order valence-corrected chi connectivity index (χ1v) is 11.6. The predicted molar refractivity (Wildman–Crippen MR) is 109 cm³/mol. The van der Waals surface area contributed by atoms with Crippen molar-refractivity contribution in [2.75, 3.05) is 35.4 Å². The third-order valence-electron chi connectivity index (χ3n) is 4.68. The first-order chi connectivity index (χ1) is 12.3. The Kier molecular flexibility index (Phi) is 5.62. The molecule has 0 aliphatic carbocycles. The van der Waals surface area contributed by atoms with Crippen LogP contribution in [0.4, 0.5) is 11.4 Å². The molecule has 26 heavy (non-hydrogen) atoms. The van der Waals surface area contributed by atoms with Crippen LogP contribution in [0.15, 0.2) is 29.3 Å². The van der Waals surface area contributed by atoms with Gasteiger partial charge in [-0.1, -0.05) is 25.1 Å². The summed E-state index contributed by atoms with van der Waals surface area (Å²) in [6.07, 6.45) is 2.20. The lowest BCUT2D eigenvalue weighted by Gasteiger charge is -2.25. The minimum Gasteiger partial charge on any atom is -0.378 e. The van der Waals surface area contributed by atoms with E-state index < -0.39 is 9.84 Å². The second-order valence-corrected chi connectivity index (χ2v) is 10.3. The topological polar surface area (TPSA) is 70.0 Å². The van der Waals surface area contributed by atoms with Gasteiger partial charge in [0.15, 0.2) is 15.0 Å². The van der Waals surface area contributed by atoms with Crippen molar-refractivity contribution >= 4 is 44.0 Å². The molecule has 2 atom stereocenters. The van der Waals surface area contributed by atoms with Crippen molar-refractivity contribution in [1.82, 2.24) is 0 Å². The number of anilines is 2. The van der Waals surface area contributed by atoms with Crippen molar-refractivity contribution in [1.29, 1.82) is 0 Å². The largest absolute Gasteiger partial charge is 0.378 e. The molecule has 2 aliphatic heterocycles. The number of unbranched alkanes of at least 4 members (excludes halogenated alkanes) is 1. The zero-order valence-corrected chi connectivity index (χ0v) is 17.0. The average Bonchev–Trinajstić information content (AvgIpc) is 3.03. The van der Waals surface area contributed by atoms with Gasteiger partial charge in [0, 0.05) is 37.1 Å². The van der Waals surface area contributed by atoms with E-state index in [1.54, 1.807) is 0 Å². The third kappa shape index (κ3) is 4.06. The summed E-state index contributed by atoms with van der Waals surface area (Å²) in [6.45, 7) is 2.04. The Morgan fingerprint density at radius 1 is 1.27 bits per heavy atom. The highest BCUT2D eigenvalue weighted by atomic mass is 32.2. The predicted octanol–water partition coefficient (Wildman–Crippen LogP) is 2.54. The Morgan fingerprint density at radius 2 is 1.96 bits per heavy atom. The molecule has 1 aromatic carbocycles. The van der Waals surface area contributed by atoms with Crippen molar-refractivity contribution in [3.63, 3.8) is 0 Å². The van der Waals surface area contributed by atoms with Crippen molar-refractivity contribution in [3.05, 3.63) is 24.3 Å². The molecule has 2 fully saturated rings. The van der Waals surface area contributed by atoms with E-state index in [2.05, 4.69) is 4.99 Å². The lowest BCUT2D eigenvalue weighted by Crippen LogP contribution is -2.37. The highest BCUT2D eigenvalue weighted by Gasteiger charge is 2.49. The van der Waals surface area contributed by atoms with Gasteiger partial charge in [-0.3, -0.25) is 4.79 Å². The van der Waals surface area contributed by atoms with Gasteiger partial charge in [-0.15, -0.1) is 0 Å². The van der Waals surface area contributed by atoms with Crippen LogP contribution in [0.2, 0.25) is 0 Å². The number of nitrogens with zero attached hydrogens (tertiary/aromatic N) is 3. The Morgan fingerprint density at radius 3 is 2.58 bits per heavy atom. The monoisotopic (exact) mass is 395 g/mol. The second kappa shape index (κ2) is 7.60. The van der Waals surface area contributed by atoms with E-state index in [4.69, 9.17) is 0 Å². The number of fused-ring (bicyclic) bond motifs is 1. The number of aliphatic imine (C=N–C) groups is 1. The van der Waals surface area contributed by atoms with Gasteiger partial charge in [0.25, 0.3) is 0 Å². The van der Waals surface area contributed by atoms with E-state index in [1.807, 2.05) is 55.1 Å². The maximum absolute atomic E-state index is 12.2. The van der Waals surface area contributed by atoms with Crippen LogP contribution in [0.1, 0.15) is 26.2 Å². The highest BCUT2D eigenvalue weighted by molar-refractivity contribution is 8.16. The van der Waals surface area contributed by atoms with Gasteiger partial charge in [-0.2, -0.15) is 4.99 Å². The zero-order valence-electron chi connectivity index (χ0n) is 15.4. The maximum Gasteiger partial charge on any atom is 0.248 e. The molecule has 0 saturated carbocycles. The summed E-state index contributed by atoms with van der Waals surface area (Å²) < 4.78 is 24.2. The Balaban J connectivity index is 1.92. The van der Waals surface area contributed by atoms with Gasteiger partial charge >= 0.3 is 0 Å². The molecule has 1 aromatic rings. The van der Waals surface area contributed by atoms with Gasteiger partial charge in [-0.25, -0.2) is 8.42 Å². The van der Waals surface area contributed by atoms with E-state index >= 15 is 0 Å². The fraction of sp³-hybridized carbons (Fsp3) is 0.556. The standard InChI is InChI=1S/C18H25N3O3S2/c1-4-5-6-17(22)19-18-21(14-9-7-13(8-10-14)20(2)3)15-11-26(23,24)12-16(15)25-18/h7-10,15-16H,4-6,11-12H2,1-3H3/t15-,16-/m0/s1. The molecule has 0 aromatic heterocycles. The Bertz CT molecular complexity index is 803. The molecule has 0 unspecified atom stereocenters. The molecule has 0 N–H and O–H groups in total. The number of benzene rings is 1. The molecule has 6 nitrogen and oxygen atoms in total. The molecular weight excluding hydrogens is 370 g/mol.